The molecule has 0 aliphatic carbocycles. The maximum atomic E-state index is 5.55. The van der Waals surface area contributed by atoms with Crippen molar-refractivity contribution < 1.29 is 4.42 Å². The number of nitrogens with two attached hydrogens (primary N) is 2. The fourth-order valence-corrected chi connectivity index (χ4v) is 0.622. The van der Waals surface area contributed by atoms with Gasteiger partial charge in [0.15, 0.2) is 0 Å². The van der Waals surface area contributed by atoms with E-state index in [2.05, 4.69) is 0 Å². The van der Waals surface area contributed by atoms with Gasteiger partial charge in [0.1, 0.15) is 0 Å². The van der Waals surface area contributed by atoms with Gasteiger partial charge in [0.25, 0.3) is 0 Å². The fraction of sp³-hybridized carbons (Fsp3) is 0.333. The van der Waals surface area contributed by atoms with Crippen LogP contribution in [0.25, 0.3) is 0 Å². The molecule has 3 heteroatoms. The molecule has 1 rings (SSSR count). The molecule has 0 bridgehead atoms. The Morgan fingerprint density at radius 1 is 1.67 bits per heavy atom. The molecule has 9 heavy (non-hydrogen) atoms. The summed E-state index contributed by atoms with van der Waals surface area (Å²) in [4.78, 5) is 0. The molecule has 0 saturated heterocycles. The van der Waals surface area contributed by atoms with Crippen molar-refractivity contribution in [3.8, 4) is 0 Å². The van der Waals surface area contributed by atoms with E-state index in [1.165, 1.54) is 0 Å². The van der Waals surface area contributed by atoms with Crippen molar-refractivity contribution in [2.45, 2.75) is 6.04 Å². The molecule has 0 aromatic carbocycles. The van der Waals surface area contributed by atoms with Gasteiger partial charge in [0, 0.05) is 18.2 Å². The topological polar surface area (TPSA) is 65.2 Å². The predicted octanol–water partition coefficient (Wildman–Crippen LogP) is 0.238. The van der Waals surface area contributed by atoms with Crippen LogP contribution in [0.5, 0.6) is 0 Å². The highest BCUT2D eigenvalue weighted by atomic mass is 16.3. The van der Waals surface area contributed by atoms with Crippen molar-refractivity contribution in [3.05, 3.63) is 24.2 Å². The van der Waals surface area contributed by atoms with Crippen LogP contribution in [-0.2, 0) is 0 Å². The Morgan fingerprint density at radius 3 is 2.89 bits per heavy atom. The predicted molar refractivity (Wildman–Crippen MR) is 34.7 cm³/mol. The second-order valence-electron chi connectivity index (χ2n) is 1.90. The lowest BCUT2D eigenvalue weighted by atomic mass is 10.2. The highest BCUT2D eigenvalue weighted by Gasteiger charge is 2.02. The van der Waals surface area contributed by atoms with Gasteiger partial charge in [-0.3, -0.25) is 0 Å². The summed E-state index contributed by atoms with van der Waals surface area (Å²) in [5.74, 6) is 0. The molecule has 3 nitrogen and oxygen atoms in total. The zero-order chi connectivity index (χ0) is 6.69. The van der Waals surface area contributed by atoms with E-state index in [-0.39, 0.29) is 6.04 Å². The van der Waals surface area contributed by atoms with Gasteiger partial charge in [-0.1, -0.05) is 0 Å². The van der Waals surface area contributed by atoms with Gasteiger partial charge in [-0.25, -0.2) is 0 Å². The molecule has 0 fully saturated rings. The van der Waals surface area contributed by atoms with E-state index in [0.29, 0.717) is 6.54 Å². The van der Waals surface area contributed by atoms with Gasteiger partial charge in [0.2, 0.25) is 0 Å². The minimum absolute atomic E-state index is 0.0799. The Kier molecular flexibility index (Phi) is 1.87. The smallest absolute Gasteiger partial charge is 0.0950 e. The summed E-state index contributed by atoms with van der Waals surface area (Å²) in [6, 6.07) is 1.74. The Balaban J connectivity index is 2.65. The summed E-state index contributed by atoms with van der Waals surface area (Å²) in [5, 5.41) is 0. The zero-order valence-corrected chi connectivity index (χ0v) is 5.08. The van der Waals surface area contributed by atoms with E-state index >= 15 is 0 Å². The number of hydrogen-bond donors (Lipinski definition) is 2. The van der Waals surface area contributed by atoms with Crippen LogP contribution in [0.15, 0.2) is 23.0 Å². The molecular formula is C6H10N2O. The monoisotopic (exact) mass is 126 g/mol. The zero-order valence-electron chi connectivity index (χ0n) is 5.08. The molecule has 0 unspecified atom stereocenters. The molecule has 1 aromatic heterocycles. The van der Waals surface area contributed by atoms with Crippen LogP contribution in [0.1, 0.15) is 11.6 Å². The minimum Gasteiger partial charge on any atom is -0.472 e. The first-order valence-corrected chi connectivity index (χ1v) is 2.82. The van der Waals surface area contributed by atoms with Gasteiger partial charge in [0.05, 0.1) is 12.5 Å². The van der Waals surface area contributed by atoms with E-state index in [4.69, 9.17) is 15.9 Å². The maximum Gasteiger partial charge on any atom is 0.0950 e. The highest BCUT2D eigenvalue weighted by Crippen LogP contribution is 2.07. The second-order valence-corrected chi connectivity index (χ2v) is 1.90. The van der Waals surface area contributed by atoms with E-state index in [9.17, 15) is 0 Å². The SMILES string of the molecule is NC[C@@H](N)c1ccoc1. The van der Waals surface area contributed by atoms with Crippen molar-refractivity contribution >= 4 is 0 Å². The molecule has 0 aliphatic heterocycles. The fourth-order valence-electron chi connectivity index (χ4n) is 0.622. The summed E-state index contributed by atoms with van der Waals surface area (Å²) in [5.41, 5.74) is 11.8. The molecule has 1 atom stereocenters. The number of rotatable bonds is 2. The van der Waals surface area contributed by atoms with Crippen molar-refractivity contribution in [2.75, 3.05) is 6.54 Å². The average Bonchev–Trinajstić information content (AvgIpc) is 2.37. The normalized spacial score (nSPS) is 13.6. The number of furan rings is 1. The molecule has 1 heterocycles. The van der Waals surface area contributed by atoms with Crippen molar-refractivity contribution in [2.24, 2.45) is 11.5 Å². The Hall–Kier alpha value is -0.800. The lowest BCUT2D eigenvalue weighted by Crippen LogP contribution is -2.19. The Bertz CT molecular complexity index is 160. The molecule has 4 N–H and O–H groups in total. The highest BCUT2D eigenvalue weighted by molar-refractivity contribution is 5.10. The molecule has 0 radical (unpaired) electrons. The maximum absolute atomic E-state index is 5.55. The second kappa shape index (κ2) is 2.66. The van der Waals surface area contributed by atoms with Crippen molar-refractivity contribution in [1.29, 1.82) is 0 Å². The Labute approximate surface area is 53.6 Å². The largest absolute Gasteiger partial charge is 0.472 e. The van der Waals surface area contributed by atoms with Crippen LogP contribution >= 0.6 is 0 Å². The lowest BCUT2D eigenvalue weighted by Gasteiger charge is -2.02. The first-order chi connectivity index (χ1) is 4.34. The standard InChI is InChI=1S/C6H10N2O/c7-3-6(8)5-1-2-9-4-5/h1-2,4,6H,3,7-8H2/t6-/m1/s1. The summed E-state index contributed by atoms with van der Waals surface area (Å²) in [6.07, 6.45) is 3.20. The molecule has 1 aromatic rings. The quantitative estimate of drug-likeness (QED) is 0.596. The van der Waals surface area contributed by atoms with E-state index < -0.39 is 0 Å². The summed E-state index contributed by atoms with van der Waals surface area (Å²) >= 11 is 0. The molecule has 0 amide bonds. The summed E-state index contributed by atoms with van der Waals surface area (Å²) in [6.45, 7) is 0.458. The van der Waals surface area contributed by atoms with Crippen LogP contribution in [0.4, 0.5) is 0 Å². The molecular weight excluding hydrogens is 116 g/mol. The first kappa shape index (κ1) is 6.32. The molecule has 0 aliphatic rings. The molecule has 0 saturated carbocycles. The van der Waals surface area contributed by atoms with Gasteiger partial charge in [-0.15, -0.1) is 0 Å². The average molecular weight is 126 g/mol. The third-order valence-electron chi connectivity index (χ3n) is 1.23. The molecule has 50 valence electrons. The van der Waals surface area contributed by atoms with Gasteiger partial charge in [-0.05, 0) is 6.07 Å². The van der Waals surface area contributed by atoms with Crippen LogP contribution in [-0.4, -0.2) is 6.54 Å². The third kappa shape index (κ3) is 1.31. The van der Waals surface area contributed by atoms with Gasteiger partial charge < -0.3 is 15.9 Å². The van der Waals surface area contributed by atoms with Crippen molar-refractivity contribution in [1.82, 2.24) is 0 Å². The van der Waals surface area contributed by atoms with Gasteiger partial charge in [-0.2, -0.15) is 0 Å². The first-order valence-electron chi connectivity index (χ1n) is 2.82. The molecule has 0 spiro atoms. The summed E-state index contributed by atoms with van der Waals surface area (Å²) < 4.78 is 4.80. The van der Waals surface area contributed by atoms with Crippen LogP contribution in [0, 0.1) is 0 Å². The van der Waals surface area contributed by atoms with Crippen LogP contribution in [0.2, 0.25) is 0 Å². The van der Waals surface area contributed by atoms with E-state index in [1.54, 1.807) is 12.5 Å². The minimum atomic E-state index is -0.0799. The van der Waals surface area contributed by atoms with E-state index in [1.807, 2.05) is 6.07 Å². The lowest BCUT2D eigenvalue weighted by molar-refractivity contribution is 0.559. The third-order valence-corrected chi connectivity index (χ3v) is 1.23. The van der Waals surface area contributed by atoms with Crippen molar-refractivity contribution in [3.63, 3.8) is 0 Å². The van der Waals surface area contributed by atoms with Crippen LogP contribution < -0.4 is 11.5 Å². The summed E-state index contributed by atoms with van der Waals surface area (Å²) in [7, 11) is 0. The van der Waals surface area contributed by atoms with Gasteiger partial charge >= 0.3 is 0 Å². The number of hydrogen-bond acceptors (Lipinski definition) is 3. The Morgan fingerprint density at radius 2 is 2.44 bits per heavy atom. The van der Waals surface area contributed by atoms with E-state index in [0.717, 1.165) is 5.56 Å². The van der Waals surface area contributed by atoms with Crippen LogP contribution in [0.3, 0.4) is 0 Å².